The van der Waals surface area contributed by atoms with Gasteiger partial charge in [-0.2, -0.15) is 0 Å². The molecule has 0 radical (unpaired) electrons. The Morgan fingerprint density at radius 1 is 0.791 bits per heavy atom. The number of nitrogens with one attached hydrogen (secondary N) is 1. The summed E-state index contributed by atoms with van der Waals surface area (Å²) >= 11 is 0. The maximum atomic E-state index is 14.0. The van der Waals surface area contributed by atoms with Crippen molar-refractivity contribution in [1.82, 2.24) is 4.57 Å². The molecular weight excluding hydrogens is 561 g/mol. The second-order valence-corrected chi connectivity index (χ2v) is 10.6. The van der Waals surface area contributed by atoms with E-state index in [2.05, 4.69) is 5.32 Å². The molecule has 0 spiro atoms. The third-order valence-electron chi connectivity index (χ3n) is 7.07. The lowest BCUT2D eigenvalue weighted by molar-refractivity contribution is -0.307. The molecule has 1 amide bonds. The summed E-state index contributed by atoms with van der Waals surface area (Å²) in [6.45, 7) is 3.72. The van der Waals surface area contributed by atoms with Crippen LogP contribution in [0.1, 0.15) is 55.3 Å². The lowest BCUT2D eigenvalue weighted by atomic mass is 9.92. The van der Waals surface area contributed by atoms with E-state index in [0.717, 1.165) is 0 Å². The minimum absolute atomic E-state index is 0.0942. The number of aromatic nitrogens is 1. The fraction of sp³-hybridized carbons (Fsp3) is 0.273. The normalized spacial score (nSPS) is 12.7. The molecule has 10 heteroatoms. The zero-order valence-electron chi connectivity index (χ0n) is 23.7. The van der Waals surface area contributed by atoms with Gasteiger partial charge in [0.05, 0.1) is 12.2 Å². The van der Waals surface area contributed by atoms with Crippen molar-refractivity contribution in [3.05, 3.63) is 102 Å². The fourth-order valence-electron chi connectivity index (χ4n) is 5.24. The van der Waals surface area contributed by atoms with Crippen LogP contribution in [0, 0.1) is 17.5 Å². The number of carbonyl (C=O) groups is 2. The van der Waals surface area contributed by atoms with E-state index in [4.69, 9.17) is 0 Å². The van der Waals surface area contributed by atoms with Crippen LogP contribution in [0.25, 0.3) is 22.3 Å². The molecule has 0 aliphatic heterocycles. The molecule has 0 saturated carbocycles. The summed E-state index contributed by atoms with van der Waals surface area (Å²) in [5.74, 6) is -3.39. The molecular formula is C33H32F3N2O5-. The van der Waals surface area contributed by atoms with Crippen molar-refractivity contribution in [3.8, 4) is 22.3 Å². The van der Waals surface area contributed by atoms with Crippen LogP contribution in [0.2, 0.25) is 0 Å². The van der Waals surface area contributed by atoms with Crippen LogP contribution in [0.5, 0.6) is 0 Å². The molecule has 0 saturated heterocycles. The molecule has 0 unspecified atom stereocenters. The molecule has 3 N–H and O–H groups in total. The van der Waals surface area contributed by atoms with E-state index in [-0.39, 0.29) is 31.0 Å². The molecule has 0 bridgehead atoms. The number of aliphatic hydroxyl groups is 2. The van der Waals surface area contributed by atoms with Crippen molar-refractivity contribution >= 4 is 17.6 Å². The number of carboxylic acid groups (broad SMARTS) is 1. The highest BCUT2D eigenvalue weighted by molar-refractivity contribution is 6.11. The lowest BCUT2D eigenvalue weighted by Crippen LogP contribution is -2.29. The maximum Gasteiger partial charge on any atom is 0.272 e. The van der Waals surface area contributed by atoms with Crippen molar-refractivity contribution in [2.45, 2.75) is 57.8 Å². The number of amides is 1. The Kier molecular flexibility index (Phi) is 10.1. The van der Waals surface area contributed by atoms with Crippen molar-refractivity contribution in [1.29, 1.82) is 0 Å². The monoisotopic (exact) mass is 593 g/mol. The number of nitrogens with zero attached hydrogens (tertiary/aromatic N) is 1. The highest BCUT2D eigenvalue weighted by Crippen LogP contribution is 2.43. The summed E-state index contributed by atoms with van der Waals surface area (Å²) in [4.78, 5) is 24.9. The maximum absolute atomic E-state index is 14.0. The number of hydrogen-bond acceptors (Lipinski definition) is 5. The van der Waals surface area contributed by atoms with Gasteiger partial charge in [-0.1, -0.05) is 24.3 Å². The minimum atomic E-state index is -1.44. The minimum Gasteiger partial charge on any atom is -0.550 e. The molecule has 0 fully saturated rings. The predicted octanol–water partition coefficient (Wildman–Crippen LogP) is 5.26. The molecule has 0 aliphatic rings. The van der Waals surface area contributed by atoms with Gasteiger partial charge in [0.2, 0.25) is 0 Å². The summed E-state index contributed by atoms with van der Waals surface area (Å²) in [6, 6.07) is 16.2. The third-order valence-corrected chi connectivity index (χ3v) is 7.07. The van der Waals surface area contributed by atoms with Gasteiger partial charge in [0, 0.05) is 40.9 Å². The second-order valence-electron chi connectivity index (χ2n) is 10.6. The van der Waals surface area contributed by atoms with E-state index < -0.39 is 48.0 Å². The predicted molar refractivity (Wildman–Crippen MR) is 155 cm³/mol. The number of benzene rings is 3. The Bertz CT molecular complexity index is 1570. The standard InChI is InChI=1S/C33H33F3N2O5/c1-19(2)38-28(16-15-26(39)17-27(40)18-29(41)42)30(20-3-7-22(34)8-4-20)31(21-5-9-23(35)10-6-21)32(38)33(43)37-25-13-11-24(36)12-14-25/h3-14,19,26-27,39-40H,15-18H2,1-2H3,(H,37,43)(H,41,42)/p-1/t26-,27-/m1/s1. The topological polar surface area (TPSA) is 115 Å². The molecule has 226 valence electrons. The lowest BCUT2D eigenvalue weighted by Gasteiger charge is -2.20. The van der Waals surface area contributed by atoms with Gasteiger partial charge >= 0.3 is 0 Å². The van der Waals surface area contributed by atoms with Crippen LogP contribution < -0.4 is 10.4 Å². The average Bonchev–Trinajstić information content (AvgIpc) is 3.29. The van der Waals surface area contributed by atoms with E-state index in [9.17, 15) is 38.1 Å². The molecule has 3 aromatic carbocycles. The summed E-state index contributed by atoms with van der Waals surface area (Å²) in [6.07, 6.45) is -2.94. The van der Waals surface area contributed by atoms with Crippen molar-refractivity contribution < 1.29 is 38.1 Å². The number of carboxylic acids is 1. The number of rotatable bonds is 12. The molecule has 43 heavy (non-hydrogen) atoms. The van der Waals surface area contributed by atoms with Crippen LogP contribution >= 0.6 is 0 Å². The van der Waals surface area contributed by atoms with Crippen molar-refractivity contribution in [3.63, 3.8) is 0 Å². The highest BCUT2D eigenvalue weighted by atomic mass is 19.1. The van der Waals surface area contributed by atoms with Crippen LogP contribution in [0.3, 0.4) is 0 Å². The van der Waals surface area contributed by atoms with E-state index in [1.807, 2.05) is 13.8 Å². The molecule has 2 atom stereocenters. The van der Waals surface area contributed by atoms with Gasteiger partial charge in [0.1, 0.15) is 23.1 Å². The van der Waals surface area contributed by atoms with Crippen LogP contribution in [-0.2, 0) is 11.2 Å². The zero-order valence-corrected chi connectivity index (χ0v) is 23.7. The van der Waals surface area contributed by atoms with Crippen molar-refractivity contribution in [2.75, 3.05) is 5.32 Å². The van der Waals surface area contributed by atoms with Gasteiger partial charge in [-0.25, -0.2) is 13.2 Å². The quantitative estimate of drug-likeness (QED) is 0.208. The number of halogens is 3. The Morgan fingerprint density at radius 2 is 1.28 bits per heavy atom. The molecule has 1 aromatic heterocycles. The molecule has 7 nitrogen and oxygen atoms in total. The molecule has 1 heterocycles. The Morgan fingerprint density at radius 3 is 1.77 bits per heavy atom. The first-order valence-electron chi connectivity index (χ1n) is 13.9. The molecule has 4 rings (SSSR count). The number of carbonyl (C=O) groups excluding carboxylic acids is 2. The Hall–Kier alpha value is -4.41. The van der Waals surface area contributed by atoms with Crippen molar-refractivity contribution in [2.24, 2.45) is 0 Å². The van der Waals surface area contributed by atoms with Gasteiger partial charge in [0.15, 0.2) is 0 Å². The Labute approximate surface area is 247 Å². The molecule has 4 aromatic rings. The first kappa shape index (κ1) is 31.5. The summed E-state index contributed by atoms with van der Waals surface area (Å²) in [5.41, 5.74) is 3.25. The zero-order chi connectivity index (χ0) is 31.3. The number of aliphatic carboxylic acids is 1. The largest absolute Gasteiger partial charge is 0.550 e. The molecule has 0 aliphatic carbocycles. The Balaban J connectivity index is 1.91. The summed E-state index contributed by atoms with van der Waals surface area (Å²) in [5, 5.41) is 34.4. The van der Waals surface area contributed by atoms with E-state index >= 15 is 0 Å². The van der Waals surface area contributed by atoms with Gasteiger partial charge in [0.25, 0.3) is 5.91 Å². The van der Waals surface area contributed by atoms with E-state index in [0.29, 0.717) is 33.6 Å². The highest BCUT2D eigenvalue weighted by Gasteiger charge is 2.30. The number of aliphatic hydroxyl groups excluding tert-OH is 2. The third kappa shape index (κ3) is 7.71. The second kappa shape index (κ2) is 13.7. The van der Waals surface area contributed by atoms with Gasteiger partial charge in [-0.15, -0.1) is 0 Å². The number of anilines is 1. The van der Waals surface area contributed by atoms with Crippen LogP contribution in [0.4, 0.5) is 18.9 Å². The fourth-order valence-corrected chi connectivity index (χ4v) is 5.24. The van der Waals surface area contributed by atoms with Crippen LogP contribution in [-0.4, -0.2) is 38.9 Å². The van der Waals surface area contributed by atoms with E-state index in [1.54, 1.807) is 16.7 Å². The smallest absolute Gasteiger partial charge is 0.272 e. The van der Waals surface area contributed by atoms with Gasteiger partial charge < -0.3 is 30.0 Å². The average molecular weight is 594 g/mol. The van der Waals surface area contributed by atoms with Crippen LogP contribution in [0.15, 0.2) is 72.8 Å². The first-order valence-corrected chi connectivity index (χ1v) is 13.9. The van der Waals surface area contributed by atoms with E-state index in [1.165, 1.54) is 60.7 Å². The SMILES string of the molecule is CC(C)n1c(CC[C@@H](O)C[C@@H](O)CC(=O)[O-])c(-c2ccc(F)cc2)c(-c2ccc(F)cc2)c1C(=O)Nc1ccc(F)cc1. The summed E-state index contributed by atoms with van der Waals surface area (Å²) < 4.78 is 43.4. The van der Waals surface area contributed by atoms with Gasteiger partial charge in [-0.05, 0) is 92.8 Å². The summed E-state index contributed by atoms with van der Waals surface area (Å²) in [7, 11) is 0. The number of hydrogen-bond donors (Lipinski definition) is 3. The van der Waals surface area contributed by atoms with Gasteiger partial charge in [-0.3, -0.25) is 4.79 Å². The first-order chi connectivity index (χ1) is 20.4.